The van der Waals surface area contributed by atoms with Crippen LogP contribution in [0.1, 0.15) is 24.3 Å². The summed E-state index contributed by atoms with van der Waals surface area (Å²) < 4.78 is 10.0. The minimum absolute atomic E-state index is 0.100. The van der Waals surface area contributed by atoms with E-state index in [4.69, 9.17) is 4.42 Å². The number of hydrogen-bond donors (Lipinski definition) is 1. The number of carbonyl (C=O) groups excluding carboxylic acids is 2. The number of aromatic nitrogens is 1. The molecular formula is C16H18N2O4. The number of hydrogen-bond acceptors (Lipinski definition) is 5. The molecule has 1 aromatic carbocycles. The zero-order valence-corrected chi connectivity index (χ0v) is 12.7. The van der Waals surface area contributed by atoms with Gasteiger partial charge < -0.3 is 14.5 Å². The molecule has 0 fully saturated rings. The molecule has 0 aliphatic heterocycles. The molecule has 0 spiro atoms. The van der Waals surface area contributed by atoms with Gasteiger partial charge in [0.2, 0.25) is 5.89 Å². The predicted molar refractivity (Wildman–Crippen MR) is 80.0 cm³/mol. The Balaban J connectivity index is 2.13. The first-order valence-electron chi connectivity index (χ1n) is 6.92. The van der Waals surface area contributed by atoms with E-state index in [0.29, 0.717) is 5.89 Å². The highest BCUT2D eigenvalue weighted by Gasteiger charge is 2.26. The quantitative estimate of drug-likeness (QED) is 0.857. The smallest absolute Gasteiger partial charge is 0.328 e. The van der Waals surface area contributed by atoms with Gasteiger partial charge in [0.15, 0.2) is 5.69 Å². The van der Waals surface area contributed by atoms with E-state index in [1.54, 1.807) is 0 Å². The molecule has 1 N–H and O–H groups in total. The molecule has 116 valence electrons. The van der Waals surface area contributed by atoms with E-state index < -0.39 is 17.9 Å². The number of carbonyl (C=O) groups is 2. The van der Waals surface area contributed by atoms with Crippen LogP contribution in [0.25, 0.3) is 11.5 Å². The van der Waals surface area contributed by atoms with Gasteiger partial charge in [-0.05, 0) is 18.1 Å². The lowest BCUT2D eigenvalue weighted by atomic mass is 10.0. The van der Waals surface area contributed by atoms with Crippen molar-refractivity contribution in [3.63, 3.8) is 0 Å². The van der Waals surface area contributed by atoms with Crippen LogP contribution in [-0.4, -0.2) is 30.0 Å². The minimum atomic E-state index is -0.727. The fraction of sp³-hybridized carbons (Fsp3) is 0.312. The first-order chi connectivity index (χ1) is 10.5. The number of amides is 1. The van der Waals surface area contributed by atoms with Crippen molar-refractivity contribution in [1.29, 1.82) is 0 Å². The molecule has 1 atom stereocenters. The van der Waals surface area contributed by atoms with Crippen molar-refractivity contribution in [2.24, 2.45) is 5.92 Å². The molecule has 0 saturated heterocycles. The molecule has 1 heterocycles. The Bertz CT molecular complexity index is 649. The molecule has 2 rings (SSSR count). The second-order valence-electron chi connectivity index (χ2n) is 5.12. The topological polar surface area (TPSA) is 81.4 Å². The summed E-state index contributed by atoms with van der Waals surface area (Å²) in [6, 6.07) is 8.52. The van der Waals surface area contributed by atoms with Gasteiger partial charge in [0.25, 0.3) is 5.91 Å². The van der Waals surface area contributed by atoms with Gasteiger partial charge >= 0.3 is 5.97 Å². The molecule has 6 heteroatoms. The van der Waals surface area contributed by atoms with Crippen LogP contribution in [-0.2, 0) is 9.53 Å². The summed E-state index contributed by atoms with van der Waals surface area (Å²) in [5.41, 5.74) is 0.892. The standard InChI is InChI=1S/C16H18N2O4/c1-10(2)13(16(20)21-3)18-14(19)12-9-22-15(17-12)11-7-5-4-6-8-11/h4-10,13H,1-3H3,(H,18,19). The van der Waals surface area contributed by atoms with Crippen LogP contribution in [0, 0.1) is 5.92 Å². The van der Waals surface area contributed by atoms with E-state index in [1.807, 2.05) is 44.2 Å². The molecule has 0 bridgehead atoms. The first kappa shape index (κ1) is 15.8. The highest BCUT2D eigenvalue weighted by Crippen LogP contribution is 2.18. The Morgan fingerprint density at radius 2 is 1.91 bits per heavy atom. The zero-order chi connectivity index (χ0) is 16.1. The number of oxazole rings is 1. The van der Waals surface area contributed by atoms with Crippen LogP contribution in [0.4, 0.5) is 0 Å². The van der Waals surface area contributed by atoms with E-state index >= 15 is 0 Å². The molecular weight excluding hydrogens is 284 g/mol. The van der Waals surface area contributed by atoms with Gasteiger partial charge in [-0.3, -0.25) is 4.79 Å². The highest BCUT2D eigenvalue weighted by atomic mass is 16.5. The number of methoxy groups -OCH3 is 1. The lowest BCUT2D eigenvalue weighted by Crippen LogP contribution is -2.45. The van der Waals surface area contributed by atoms with Crippen LogP contribution in [0.2, 0.25) is 0 Å². The summed E-state index contributed by atoms with van der Waals surface area (Å²) >= 11 is 0. The van der Waals surface area contributed by atoms with Crippen molar-refractivity contribution in [3.05, 3.63) is 42.3 Å². The minimum Gasteiger partial charge on any atom is -0.467 e. The summed E-state index contributed by atoms with van der Waals surface area (Å²) in [4.78, 5) is 28.0. The third-order valence-electron chi connectivity index (χ3n) is 3.17. The number of ether oxygens (including phenoxy) is 1. The third kappa shape index (κ3) is 3.52. The fourth-order valence-electron chi connectivity index (χ4n) is 1.93. The van der Waals surface area contributed by atoms with Crippen LogP contribution in [0.3, 0.4) is 0 Å². The molecule has 0 radical (unpaired) electrons. The molecule has 1 unspecified atom stereocenters. The van der Waals surface area contributed by atoms with Crippen molar-refractivity contribution in [3.8, 4) is 11.5 Å². The van der Waals surface area contributed by atoms with Gasteiger partial charge in [0.05, 0.1) is 7.11 Å². The molecule has 22 heavy (non-hydrogen) atoms. The predicted octanol–water partition coefficient (Wildman–Crippen LogP) is 2.27. The lowest BCUT2D eigenvalue weighted by Gasteiger charge is -2.18. The van der Waals surface area contributed by atoms with Crippen LogP contribution >= 0.6 is 0 Å². The van der Waals surface area contributed by atoms with E-state index in [1.165, 1.54) is 13.4 Å². The third-order valence-corrected chi connectivity index (χ3v) is 3.17. The van der Waals surface area contributed by atoms with Crippen molar-refractivity contribution in [2.45, 2.75) is 19.9 Å². The Morgan fingerprint density at radius 1 is 1.23 bits per heavy atom. The SMILES string of the molecule is COC(=O)C(NC(=O)c1coc(-c2ccccc2)n1)C(C)C. The lowest BCUT2D eigenvalue weighted by molar-refractivity contribution is -0.144. The molecule has 0 aliphatic rings. The van der Waals surface area contributed by atoms with E-state index in [0.717, 1.165) is 5.56 Å². The first-order valence-corrected chi connectivity index (χ1v) is 6.92. The van der Waals surface area contributed by atoms with Gasteiger partial charge in [-0.1, -0.05) is 32.0 Å². The molecule has 1 amide bonds. The van der Waals surface area contributed by atoms with Gasteiger partial charge in [-0.25, -0.2) is 9.78 Å². The second kappa shape index (κ2) is 6.89. The van der Waals surface area contributed by atoms with Crippen LogP contribution in [0.5, 0.6) is 0 Å². The van der Waals surface area contributed by atoms with E-state index in [9.17, 15) is 9.59 Å². The van der Waals surface area contributed by atoms with Crippen molar-refractivity contribution in [2.75, 3.05) is 7.11 Å². The van der Waals surface area contributed by atoms with Gasteiger partial charge in [-0.2, -0.15) is 0 Å². The summed E-state index contributed by atoms with van der Waals surface area (Å²) in [5, 5.41) is 2.61. The maximum atomic E-state index is 12.2. The number of rotatable bonds is 5. The Morgan fingerprint density at radius 3 is 2.50 bits per heavy atom. The molecule has 2 aromatic rings. The van der Waals surface area contributed by atoms with Crippen molar-refractivity contribution in [1.82, 2.24) is 10.3 Å². The molecule has 0 aliphatic carbocycles. The van der Waals surface area contributed by atoms with Crippen LogP contribution in [0.15, 0.2) is 41.0 Å². The summed E-state index contributed by atoms with van der Waals surface area (Å²) in [5.74, 6) is -0.716. The number of benzene rings is 1. The van der Waals surface area contributed by atoms with Gasteiger partial charge in [0, 0.05) is 5.56 Å². The summed E-state index contributed by atoms with van der Waals surface area (Å²) in [6.07, 6.45) is 1.27. The van der Waals surface area contributed by atoms with E-state index in [2.05, 4.69) is 15.0 Å². The van der Waals surface area contributed by atoms with E-state index in [-0.39, 0.29) is 11.6 Å². The summed E-state index contributed by atoms with van der Waals surface area (Å²) in [6.45, 7) is 3.64. The summed E-state index contributed by atoms with van der Waals surface area (Å²) in [7, 11) is 1.29. The van der Waals surface area contributed by atoms with Crippen molar-refractivity contribution >= 4 is 11.9 Å². The zero-order valence-electron chi connectivity index (χ0n) is 12.7. The molecule has 1 aromatic heterocycles. The molecule has 6 nitrogen and oxygen atoms in total. The number of nitrogens with zero attached hydrogens (tertiary/aromatic N) is 1. The monoisotopic (exact) mass is 302 g/mol. The normalized spacial score (nSPS) is 12.0. The van der Waals surface area contributed by atoms with Gasteiger partial charge in [-0.15, -0.1) is 0 Å². The number of esters is 1. The average molecular weight is 302 g/mol. The fourth-order valence-corrected chi connectivity index (χ4v) is 1.93. The second-order valence-corrected chi connectivity index (χ2v) is 5.12. The largest absolute Gasteiger partial charge is 0.467 e. The average Bonchev–Trinajstić information content (AvgIpc) is 3.02. The Labute approximate surface area is 128 Å². The maximum Gasteiger partial charge on any atom is 0.328 e. The number of nitrogens with one attached hydrogen (secondary N) is 1. The van der Waals surface area contributed by atoms with Gasteiger partial charge in [0.1, 0.15) is 12.3 Å². The van der Waals surface area contributed by atoms with Crippen LogP contribution < -0.4 is 5.32 Å². The highest BCUT2D eigenvalue weighted by molar-refractivity contribution is 5.95. The Kier molecular flexibility index (Phi) is 4.93. The van der Waals surface area contributed by atoms with Crippen molar-refractivity contribution < 1.29 is 18.7 Å². The maximum absolute atomic E-state index is 12.2. The molecule has 0 saturated carbocycles. The Hall–Kier alpha value is -2.63.